The van der Waals surface area contributed by atoms with E-state index in [4.69, 9.17) is 9.47 Å². The van der Waals surface area contributed by atoms with Crippen LogP contribution in [0.2, 0.25) is 0 Å². The lowest BCUT2D eigenvalue weighted by Crippen LogP contribution is -2.63. The molecule has 182 valence electrons. The van der Waals surface area contributed by atoms with Crippen LogP contribution in [-0.4, -0.2) is 52.0 Å². The Balaban J connectivity index is 1.67. The van der Waals surface area contributed by atoms with Crippen molar-refractivity contribution < 1.29 is 23.9 Å². The third-order valence-corrected chi connectivity index (χ3v) is 6.30. The highest BCUT2D eigenvalue weighted by molar-refractivity contribution is 6.06. The van der Waals surface area contributed by atoms with Gasteiger partial charge in [0.2, 0.25) is 5.91 Å². The fraction of sp³-hybridized carbons (Fsp3) is 0.308. The second kappa shape index (κ2) is 9.61. The Morgan fingerprint density at radius 1 is 1.06 bits per heavy atom. The van der Waals surface area contributed by atoms with Crippen LogP contribution in [-0.2, 0) is 29.2 Å². The van der Waals surface area contributed by atoms with E-state index in [9.17, 15) is 14.4 Å². The van der Waals surface area contributed by atoms with Crippen molar-refractivity contribution in [2.24, 2.45) is 0 Å². The summed E-state index contributed by atoms with van der Waals surface area (Å²) in [4.78, 5) is 45.1. The highest BCUT2D eigenvalue weighted by atomic mass is 16.5. The molecular formula is C26H28N4O5. The number of hydrogen-bond acceptors (Lipinski definition) is 6. The molecule has 9 nitrogen and oxygen atoms in total. The first kappa shape index (κ1) is 24.0. The molecule has 0 aliphatic carbocycles. The van der Waals surface area contributed by atoms with Crippen LogP contribution in [0.25, 0.3) is 0 Å². The monoisotopic (exact) mass is 476 g/mol. The molecule has 1 aliphatic rings. The van der Waals surface area contributed by atoms with E-state index >= 15 is 0 Å². The van der Waals surface area contributed by atoms with Crippen molar-refractivity contribution in [1.29, 1.82) is 0 Å². The zero-order valence-electron chi connectivity index (χ0n) is 20.2. The molecular weight excluding hydrogens is 448 g/mol. The first-order chi connectivity index (χ1) is 16.8. The molecule has 0 unspecified atom stereocenters. The fourth-order valence-corrected chi connectivity index (χ4v) is 4.17. The molecule has 0 radical (unpaired) electrons. The Bertz CT molecular complexity index is 1250. The van der Waals surface area contributed by atoms with Gasteiger partial charge in [0.15, 0.2) is 5.69 Å². The van der Waals surface area contributed by atoms with Gasteiger partial charge in [-0.15, -0.1) is 0 Å². The first-order valence-corrected chi connectivity index (χ1v) is 11.2. The number of nitrogens with zero attached hydrogens (tertiary/aromatic N) is 3. The number of esters is 1. The molecule has 0 spiro atoms. The average molecular weight is 477 g/mol. The zero-order chi connectivity index (χ0) is 25.2. The molecule has 0 saturated carbocycles. The summed E-state index contributed by atoms with van der Waals surface area (Å²) in [6.45, 7) is 4.33. The molecule has 35 heavy (non-hydrogen) atoms. The highest BCUT2D eigenvalue weighted by Gasteiger charge is 2.48. The topological polar surface area (TPSA) is 103 Å². The summed E-state index contributed by atoms with van der Waals surface area (Å²) in [6, 6.07) is 15.1. The number of carbonyl (C=O) groups excluding carboxylic acids is 3. The van der Waals surface area contributed by atoms with Crippen LogP contribution in [0.4, 0.5) is 0 Å². The van der Waals surface area contributed by atoms with Crippen molar-refractivity contribution in [1.82, 2.24) is 19.8 Å². The average Bonchev–Trinajstić information content (AvgIpc) is 3.29. The van der Waals surface area contributed by atoms with E-state index in [1.54, 1.807) is 30.7 Å². The maximum atomic E-state index is 13.7. The number of rotatable bonds is 7. The second-order valence-electron chi connectivity index (χ2n) is 8.74. The summed E-state index contributed by atoms with van der Waals surface area (Å²) < 4.78 is 11.6. The minimum atomic E-state index is -1.23. The number of fused-ring (bicyclic) bond motifs is 1. The molecule has 1 aromatic heterocycles. The van der Waals surface area contributed by atoms with Crippen LogP contribution in [0, 0.1) is 6.92 Å². The van der Waals surface area contributed by atoms with E-state index in [1.807, 2.05) is 43.3 Å². The quantitative estimate of drug-likeness (QED) is 0.526. The van der Waals surface area contributed by atoms with Gasteiger partial charge in [0.05, 0.1) is 27.1 Å². The third kappa shape index (κ3) is 4.62. The number of imidazole rings is 1. The van der Waals surface area contributed by atoms with Crippen molar-refractivity contribution in [3.8, 4) is 5.75 Å². The Morgan fingerprint density at radius 3 is 2.34 bits per heavy atom. The molecule has 2 heterocycles. The molecule has 1 aliphatic heterocycles. The normalized spacial score (nSPS) is 17.0. The smallest absolute Gasteiger partial charge is 0.359 e. The molecule has 9 heteroatoms. The molecule has 3 aromatic rings. The summed E-state index contributed by atoms with van der Waals surface area (Å²) in [6.07, 6.45) is 1.40. The Hall–Kier alpha value is -4.14. The van der Waals surface area contributed by atoms with Crippen LogP contribution in [0.5, 0.6) is 5.75 Å². The van der Waals surface area contributed by atoms with E-state index in [1.165, 1.54) is 18.3 Å². The molecule has 4 rings (SSSR count). The van der Waals surface area contributed by atoms with Crippen molar-refractivity contribution in [3.63, 3.8) is 0 Å². The van der Waals surface area contributed by atoms with Crippen LogP contribution < -0.4 is 10.1 Å². The zero-order valence-corrected chi connectivity index (χ0v) is 20.2. The standard InChI is InChI=1S/C26H28N4O5/c1-17-5-7-18(8-6-17)13-27-25(33)26(2)15-29-16-28-21(24(32)35-4)22(29)23(31)30(26)14-19-9-11-20(34-3)12-10-19/h5-12,16H,13-15H2,1-4H3,(H,27,33)/t26-/m0/s1. The van der Waals surface area contributed by atoms with Gasteiger partial charge in [0.1, 0.15) is 17.0 Å². The largest absolute Gasteiger partial charge is 0.497 e. The van der Waals surface area contributed by atoms with E-state index < -0.39 is 17.4 Å². The SMILES string of the molecule is COC(=O)c1ncn2c1C(=O)N(Cc1ccc(OC)cc1)[C@](C)(C(=O)NCc1ccc(C)cc1)C2. The first-order valence-electron chi connectivity index (χ1n) is 11.2. The van der Waals surface area contributed by atoms with Gasteiger partial charge in [-0.25, -0.2) is 9.78 Å². The fourth-order valence-electron chi connectivity index (χ4n) is 4.17. The Kier molecular flexibility index (Phi) is 6.59. The van der Waals surface area contributed by atoms with Crippen molar-refractivity contribution >= 4 is 17.8 Å². The summed E-state index contributed by atoms with van der Waals surface area (Å²) in [5, 5.41) is 2.98. The number of hydrogen-bond donors (Lipinski definition) is 1. The van der Waals surface area contributed by atoms with Crippen LogP contribution in [0.3, 0.4) is 0 Å². The van der Waals surface area contributed by atoms with E-state index in [2.05, 4.69) is 10.3 Å². The lowest BCUT2D eigenvalue weighted by molar-refractivity contribution is -0.133. The van der Waals surface area contributed by atoms with Crippen LogP contribution >= 0.6 is 0 Å². The van der Waals surface area contributed by atoms with Crippen molar-refractivity contribution in [2.75, 3.05) is 14.2 Å². The minimum absolute atomic E-state index is 0.0701. The van der Waals surface area contributed by atoms with E-state index in [0.717, 1.165) is 16.7 Å². The number of nitrogens with one attached hydrogen (secondary N) is 1. The van der Waals surface area contributed by atoms with Gasteiger partial charge in [-0.1, -0.05) is 42.0 Å². The number of carbonyl (C=O) groups is 3. The number of aromatic nitrogens is 2. The predicted molar refractivity (Wildman–Crippen MR) is 128 cm³/mol. The number of ether oxygens (including phenoxy) is 2. The Morgan fingerprint density at radius 2 is 1.71 bits per heavy atom. The number of aryl methyl sites for hydroxylation is 1. The van der Waals surface area contributed by atoms with Crippen molar-refractivity contribution in [2.45, 2.75) is 39.0 Å². The van der Waals surface area contributed by atoms with E-state index in [0.29, 0.717) is 12.3 Å². The number of amides is 2. The van der Waals surface area contributed by atoms with Gasteiger partial charge in [0, 0.05) is 13.1 Å². The predicted octanol–water partition coefficient (Wildman–Crippen LogP) is 2.72. The molecule has 2 amide bonds. The van der Waals surface area contributed by atoms with Gasteiger partial charge in [0.25, 0.3) is 5.91 Å². The lowest BCUT2D eigenvalue weighted by atomic mass is 9.93. The summed E-state index contributed by atoms with van der Waals surface area (Å²) >= 11 is 0. The van der Waals surface area contributed by atoms with Gasteiger partial charge < -0.3 is 24.3 Å². The maximum absolute atomic E-state index is 13.7. The second-order valence-corrected chi connectivity index (χ2v) is 8.74. The summed E-state index contributed by atoms with van der Waals surface area (Å²) in [7, 11) is 2.81. The molecule has 1 atom stereocenters. The number of benzene rings is 2. The van der Waals surface area contributed by atoms with Crippen molar-refractivity contribution in [3.05, 3.63) is 82.9 Å². The third-order valence-electron chi connectivity index (χ3n) is 6.30. The van der Waals surface area contributed by atoms with Crippen LogP contribution in [0.15, 0.2) is 54.9 Å². The maximum Gasteiger partial charge on any atom is 0.359 e. The molecule has 0 saturated heterocycles. The number of methoxy groups -OCH3 is 2. The van der Waals surface area contributed by atoms with E-state index in [-0.39, 0.29) is 30.4 Å². The van der Waals surface area contributed by atoms with Gasteiger partial charge >= 0.3 is 5.97 Å². The van der Waals surface area contributed by atoms with Gasteiger partial charge in [-0.05, 0) is 37.1 Å². The van der Waals surface area contributed by atoms with Gasteiger partial charge in [-0.3, -0.25) is 9.59 Å². The van der Waals surface area contributed by atoms with Gasteiger partial charge in [-0.2, -0.15) is 0 Å². The molecule has 2 aromatic carbocycles. The Labute approximate surface area is 203 Å². The highest BCUT2D eigenvalue weighted by Crippen LogP contribution is 2.31. The molecule has 0 bridgehead atoms. The lowest BCUT2D eigenvalue weighted by Gasteiger charge is -2.43. The molecule has 0 fully saturated rings. The summed E-state index contributed by atoms with van der Waals surface area (Å²) in [5.41, 5.74) is 1.69. The summed E-state index contributed by atoms with van der Waals surface area (Å²) in [5.74, 6) is -0.802. The van der Waals surface area contributed by atoms with Crippen LogP contribution in [0.1, 0.15) is 44.6 Å². The molecule has 1 N–H and O–H groups in total. The minimum Gasteiger partial charge on any atom is -0.497 e.